The van der Waals surface area contributed by atoms with Gasteiger partial charge in [-0.2, -0.15) is 0 Å². The zero-order valence-electron chi connectivity index (χ0n) is 10.6. The summed E-state index contributed by atoms with van der Waals surface area (Å²) in [4.78, 5) is 12.7. The maximum absolute atomic E-state index is 11.4. The van der Waals surface area contributed by atoms with Gasteiger partial charge in [0.1, 0.15) is 0 Å². The lowest BCUT2D eigenvalue weighted by atomic mass is 10.1. The van der Waals surface area contributed by atoms with Crippen molar-refractivity contribution < 1.29 is 9.53 Å². The maximum atomic E-state index is 11.4. The molecular weight excluding hydrogens is 230 g/mol. The topological polar surface area (TPSA) is 58.2 Å². The third kappa shape index (κ3) is 2.68. The number of carbonyl (C=O) groups is 1. The van der Waals surface area contributed by atoms with Crippen molar-refractivity contribution in [2.24, 2.45) is 0 Å². The van der Waals surface area contributed by atoms with Crippen LogP contribution in [0.3, 0.4) is 0 Å². The van der Waals surface area contributed by atoms with E-state index in [0.29, 0.717) is 0 Å². The van der Waals surface area contributed by atoms with E-state index in [4.69, 9.17) is 4.74 Å². The van der Waals surface area contributed by atoms with Crippen LogP contribution in [-0.4, -0.2) is 35.3 Å². The van der Waals surface area contributed by atoms with E-state index in [-0.39, 0.29) is 5.88 Å². The average molecular weight is 245 g/mol. The van der Waals surface area contributed by atoms with Crippen LogP contribution in [0.25, 0.3) is 11.3 Å². The number of rotatable bonds is 2. The normalized spacial score (nSPS) is 10.2. The largest absolute Gasteiger partial charge is 0.416 e. The molecule has 5 nitrogen and oxygen atoms in total. The lowest BCUT2D eigenvalue weighted by Gasteiger charge is -2.07. The average Bonchev–Trinajstić information content (AvgIpc) is 2.77. The summed E-state index contributed by atoms with van der Waals surface area (Å²) in [5.74, 6) is 0.269. The number of H-pyrrole nitrogens is 1. The molecule has 2 aromatic rings. The highest BCUT2D eigenvalue weighted by atomic mass is 16.6. The van der Waals surface area contributed by atoms with Crippen LogP contribution >= 0.6 is 0 Å². The van der Waals surface area contributed by atoms with Crippen molar-refractivity contribution in [1.82, 2.24) is 15.1 Å². The smallest absolute Gasteiger partial charge is 0.389 e. The van der Waals surface area contributed by atoms with Crippen molar-refractivity contribution in [2.45, 2.75) is 6.92 Å². The zero-order chi connectivity index (χ0) is 13.1. The Morgan fingerprint density at radius 1 is 1.33 bits per heavy atom. The molecule has 1 aromatic heterocycles. The van der Waals surface area contributed by atoms with Gasteiger partial charge in [0, 0.05) is 20.2 Å². The predicted molar refractivity (Wildman–Crippen MR) is 68.5 cm³/mol. The minimum absolute atomic E-state index is 0.269. The Labute approximate surface area is 105 Å². The zero-order valence-corrected chi connectivity index (χ0v) is 10.6. The van der Waals surface area contributed by atoms with E-state index >= 15 is 0 Å². The summed E-state index contributed by atoms with van der Waals surface area (Å²) in [7, 11) is 3.24. The molecular formula is C13H15N3O2. The summed E-state index contributed by atoms with van der Waals surface area (Å²) in [6, 6.07) is 9.70. The van der Waals surface area contributed by atoms with Gasteiger partial charge < -0.3 is 9.64 Å². The molecule has 0 radical (unpaired) electrons. The first kappa shape index (κ1) is 12.2. The fourth-order valence-electron chi connectivity index (χ4n) is 1.50. The number of aromatic amines is 1. The van der Waals surface area contributed by atoms with Crippen molar-refractivity contribution in [3.05, 3.63) is 35.9 Å². The lowest BCUT2D eigenvalue weighted by molar-refractivity contribution is 0.170. The highest BCUT2D eigenvalue weighted by molar-refractivity contribution is 5.70. The van der Waals surface area contributed by atoms with Gasteiger partial charge >= 0.3 is 6.09 Å². The lowest BCUT2D eigenvalue weighted by Crippen LogP contribution is -2.25. The highest BCUT2D eigenvalue weighted by Crippen LogP contribution is 2.21. The SMILES string of the molecule is Cc1cccc(-c2cc(OC(=O)N(C)C)n[nH]2)c1. The second-order valence-electron chi connectivity index (χ2n) is 4.25. The molecule has 0 aliphatic heterocycles. The first-order valence-corrected chi connectivity index (χ1v) is 5.58. The van der Waals surface area contributed by atoms with Crippen LogP contribution in [0, 0.1) is 6.92 Å². The summed E-state index contributed by atoms with van der Waals surface area (Å²) >= 11 is 0. The molecule has 1 aromatic carbocycles. The number of nitrogens with zero attached hydrogens (tertiary/aromatic N) is 2. The quantitative estimate of drug-likeness (QED) is 0.884. The molecule has 0 unspecified atom stereocenters. The maximum Gasteiger partial charge on any atom is 0.416 e. The number of benzene rings is 1. The molecule has 0 aliphatic rings. The van der Waals surface area contributed by atoms with E-state index in [1.54, 1.807) is 20.2 Å². The van der Waals surface area contributed by atoms with Gasteiger partial charge in [-0.1, -0.05) is 23.8 Å². The molecule has 94 valence electrons. The Morgan fingerprint density at radius 3 is 2.78 bits per heavy atom. The Hall–Kier alpha value is -2.30. The van der Waals surface area contributed by atoms with E-state index in [1.165, 1.54) is 4.90 Å². The van der Waals surface area contributed by atoms with Crippen molar-refractivity contribution >= 4 is 6.09 Å². The fourth-order valence-corrected chi connectivity index (χ4v) is 1.50. The molecule has 0 fully saturated rings. The number of aryl methyl sites for hydroxylation is 1. The minimum atomic E-state index is -0.447. The van der Waals surface area contributed by atoms with Crippen LogP contribution in [0.15, 0.2) is 30.3 Å². The Morgan fingerprint density at radius 2 is 2.11 bits per heavy atom. The molecule has 0 saturated heterocycles. The number of hydrogen-bond donors (Lipinski definition) is 1. The molecule has 0 spiro atoms. The number of amides is 1. The summed E-state index contributed by atoms with van der Waals surface area (Å²) in [6.45, 7) is 2.02. The van der Waals surface area contributed by atoms with Gasteiger partial charge in [-0.05, 0) is 18.6 Å². The van der Waals surface area contributed by atoms with Gasteiger partial charge in [0.15, 0.2) is 0 Å². The third-order valence-electron chi connectivity index (χ3n) is 2.44. The van der Waals surface area contributed by atoms with Crippen LogP contribution in [0.2, 0.25) is 0 Å². The van der Waals surface area contributed by atoms with Crippen molar-refractivity contribution in [2.75, 3.05) is 14.1 Å². The van der Waals surface area contributed by atoms with Crippen molar-refractivity contribution in [3.8, 4) is 17.1 Å². The minimum Gasteiger partial charge on any atom is -0.389 e. The molecule has 2 rings (SSSR count). The first-order chi connectivity index (χ1) is 8.56. The van der Waals surface area contributed by atoms with Crippen LogP contribution in [0.1, 0.15) is 5.56 Å². The number of aromatic nitrogens is 2. The summed E-state index contributed by atoms with van der Waals surface area (Å²) in [6.07, 6.45) is -0.447. The number of ether oxygens (including phenoxy) is 1. The monoisotopic (exact) mass is 245 g/mol. The molecule has 1 N–H and O–H groups in total. The summed E-state index contributed by atoms with van der Waals surface area (Å²) in [5.41, 5.74) is 2.99. The molecule has 0 bridgehead atoms. The summed E-state index contributed by atoms with van der Waals surface area (Å²) < 4.78 is 5.05. The number of nitrogens with one attached hydrogen (secondary N) is 1. The number of carbonyl (C=O) groups excluding carboxylic acids is 1. The van der Waals surface area contributed by atoms with Gasteiger partial charge in [-0.25, -0.2) is 4.79 Å². The Kier molecular flexibility index (Phi) is 3.32. The third-order valence-corrected chi connectivity index (χ3v) is 2.44. The molecule has 5 heteroatoms. The van der Waals surface area contributed by atoms with Crippen LogP contribution in [-0.2, 0) is 0 Å². The van der Waals surface area contributed by atoms with Crippen LogP contribution in [0.5, 0.6) is 5.88 Å². The molecule has 0 aliphatic carbocycles. The van der Waals surface area contributed by atoms with Crippen LogP contribution < -0.4 is 4.74 Å². The fraction of sp³-hybridized carbons (Fsp3) is 0.231. The Bertz CT molecular complexity index is 561. The second kappa shape index (κ2) is 4.91. The molecule has 0 atom stereocenters. The van der Waals surface area contributed by atoms with Gasteiger partial charge in [0.25, 0.3) is 0 Å². The summed E-state index contributed by atoms with van der Waals surface area (Å²) in [5, 5.41) is 6.80. The van der Waals surface area contributed by atoms with Gasteiger partial charge in [-0.15, -0.1) is 5.10 Å². The second-order valence-corrected chi connectivity index (χ2v) is 4.25. The van der Waals surface area contributed by atoms with E-state index in [0.717, 1.165) is 16.8 Å². The van der Waals surface area contributed by atoms with E-state index < -0.39 is 6.09 Å². The molecule has 1 amide bonds. The first-order valence-electron chi connectivity index (χ1n) is 5.58. The van der Waals surface area contributed by atoms with Gasteiger partial charge in [-0.3, -0.25) is 5.10 Å². The van der Waals surface area contributed by atoms with E-state index in [1.807, 2.05) is 31.2 Å². The molecule has 1 heterocycles. The van der Waals surface area contributed by atoms with Crippen molar-refractivity contribution in [3.63, 3.8) is 0 Å². The van der Waals surface area contributed by atoms with E-state index in [2.05, 4.69) is 10.2 Å². The molecule has 0 saturated carbocycles. The van der Waals surface area contributed by atoms with Gasteiger partial charge in [0.2, 0.25) is 5.88 Å². The molecule has 18 heavy (non-hydrogen) atoms. The standard InChI is InChI=1S/C13H15N3O2/c1-9-5-4-6-10(7-9)11-8-12(15-14-11)18-13(17)16(2)3/h4-8H,1-3H3,(H,14,15). The van der Waals surface area contributed by atoms with Crippen molar-refractivity contribution in [1.29, 1.82) is 0 Å². The number of hydrogen-bond acceptors (Lipinski definition) is 3. The highest BCUT2D eigenvalue weighted by Gasteiger charge is 2.10. The predicted octanol–water partition coefficient (Wildman–Crippen LogP) is 2.45. The van der Waals surface area contributed by atoms with Gasteiger partial charge in [0.05, 0.1) is 5.69 Å². The van der Waals surface area contributed by atoms with E-state index in [9.17, 15) is 4.79 Å². The van der Waals surface area contributed by atoms with Crippen LogP contribution in [0.4, 0.5) is 4.79 Å². The Balaban J connectivity index is 2.18.